The summed E-state index contributed by atoms with van der Waals surface area (Å²) in [6.07, 6.45) is 1.78. The molecular weight excluding hydrogens is 464 g/mol. The molecule has 1 aromatic heterocycles. The predicted molar refractivity (Wildman–Crippen MR) is 140 cm³/mol. The molecule has 4 rings (SSSR count). The minimum Gasteiger partial charge on any atom is -0.489 e. The van der Waals surface area contributed by atoms with Crippen molar-refractivity contribution in [2.75, 3.05) is 39.3 Å². The molecule has 0 saturated carbocycles. The van der Waals surface area contributed by atoms with E-state index in [2.05, 4.69) is 21.4 Å². The molecule has 0 aliphatic carbocycles. The summed E-state index contributed by atoms with van der Waals surface area (Å²) in [4.78, 5) is 35.9. The van der Waals surface area contributed by atoms with E-state index in [0.717, 1.165) is 32.7 Å². The molecule has 0 N–H and O–H groups in total. The zero-order chi connectivity index (χ0) is 24.9. The minimum absolute atomic E-state index is 0.00580. The number of rotatable bonds is 9. The van der Waals surface area contributed by atoms with Crippen LogP contribution in [-0.4, -0.2) is 70.5 Å². The molecule has 0 amide bonds. The van der Waals surface area contributed by atoms with Crippen molar-refractivity contribution in [2.45, 2.75) is 25.8 Å². The summed E-state index contributed by atoms with van der Waals surface area (Å²) < 4.78 is 7.49. The van der Waals surface area contributed by atoms with E-state index in [1.54, 1.807) is 36.4 Å². The first-order valence-electron chi connectivity index (χ1n) is 11.9. The number of hydrogen-bond acceptors (Lipinski definition) is 6. The van der Waals surface area contributed by atoms with Gasteiger partial charge in [-0.05, 0) is 44.2 Å². The fourth-order valence-electron chi connectivity index (χ4n) is 4.34. The lowest BCUT2D eigenvalue weighted by molar-refractivity contribution is 0.0865. The number of carbonyl (C=O) groups is 1. The number of Topliss-reactive ketones (excluding diaryl/α,β-unsaturated/α-hetero) is 1. The third kappa shape index (κ3) is 5.64. The molecule has 1 aliphatic rings. The molecule has 0 bridgehead atoms. The number of carbonyl (C=O) groups excluding carboxylic acids is 1. The number of nitrogens with zero attached hydrogens (tertiary/aromatic N) is 4. The molecule has 0 spiro atoms. The SMILES string of the molecule is C=CCN1CCN(CC(=O)c2ccc(OC(C)C)c(-n3c(CCl)nc4ccccc4c3=O)c2)CC1. The largest absolute Gasteiger partial charge is 0.489 e. The summed E-state index contributed by atoms with van der Waals surface area (Å²) in [5.41, 5.74) is 1.32. The summed E-state index contributed by atoms with van der Waals surface area (Å²) in [5.74, 6) is 0.926. The molecule has 35 heavy (non-hydrogen) atoms. The van der Waals surface area contributed by atoms with Crippen LogP contribution >= 0.6 is 11.6 Å². The summed E-state index contributed by atoms with van der Waals surface area (Å²) in [7, 11) is 0. The van der Waals surface area contributed by atoms with E-state index >= 15 is 0 Å². The lowest BCUT2D eigenvalue weighted by atomic mass is 10.1. The summed E-state index contributed by atoms with van der Waals surface area (Å²) >= 11 is 6.23. The molecule has 184 valence electrons. The fourth-order valence-corrected chi connectivity index (χ4v) is 4.52. The van der Waals surface area contributed by atoms with Crippen LogP contribution in [0.1, 0.15) is 30.0 Å². The maximum atomic E-state index is 13.5. The second-order valence-corrected chi connectivity index (χ2v) is 9.22. The summed E-state index contributed by atoms with van der Waals surface area (Å²) in [6, 6.07) is 12.4. The normalized spacial score (nSPS) is 15.0. The number of halogens is 1. The van der Waals surface area contributed by atoms with Crippen molar-refractivity contribution < 1.29 is 9.53 Å². The highest BCUT2D eigenvalue weighted by Crippen LogP contribution is 2.27. The molecule has 0 radical (unpaired) electrons. The standard InChI is InChI=1S/C27H31ClN4O3/c1-4-11-30-12-14-31(15-13-30)18-24(33)20-9-10-25(35-19(2)3)23(16-20)32-26(17-28)29-22-8-6-5-7-21(22)27(32)34/h4-10,16,19H,1,11-15,17-18H2,2-3H3. The van der Waals surface area contributed by atoms with E-state index in [4.69, 9.17) is 16.3 Å². The van der Waals surface area contributed by atoms with Gasteiger partial charge in [0.2, 0.25) is 0 Å². The zero-order valence-electron chi connectivity index (χ0n) is 20.2. The Morgan fingerprint density at radius 2 is 1.86 bits per heavy atom. The molecule has 2 aromatic carbocycles. The molecule has 1 saturated heterocycles. The van der Waals surface area contributed by atoms with Crippen LogP contribution in [0.2, 0.25) is 0 Å². The molecule has 2 heterocycles. The Kier molecular flexibility index (Phi) is 8.00. The van der Waals surface area contributed by atoms with Crippen molar-refractivity contribution in [1.82, 2.24) is 19.4 Å². The Hall–Kier alpha value is -3.00. The number of aromatic nitrogens is 2. The monoisotopic (exact) mass is 494 g/mol. The number of ketones is 1. The third-order valence-corrected chi connectivity index (χ3v) is 6.31. The number of hydrogen-bond donors (Lipinski definition) is 0. The van der Waals surface area contributed by atoms with Crippen LogP contribution in [0.3, 0.4) is 0 Å². The van der Waals surface area contributed by atoms with E-state index in [1.165, 1.54) is 4.57 Å². The van der Waals surface area contributed by atoms with Gasteiger partial charge in [-0.1, -0.05) is 18.2 Å². The molecule has 0 unspecified atom stereocenters. The number of benzene rings is 2. The van der Waals surface area contributed by atoms with Gasteiger partial charge >= 0.3 is 0 Å². The van der Waals surface area contributed by atoms with Crippen LogP contribution in [-0.2, 0) is 5.88 Å². The number of piperazine rings is 1. The van der Waals surface area contributed by atoms with Crippen molar-refractivity contribution in [2.24, 2.45) is 0 Å². The smallest absolute Gasteiger partial charge is 0.266 e. The highest BCUT2D eigenvalue weighted by Gasteiger charge is 2.22. The molecule has 1 fully saturated rings. The van der Waals surface area contributed by atoms with Crippen molar-refractivity contribution in [3.63, 3.8) is 0 Å². The average Bonchev–Trinajstić information content (AvgIpc) is 2.85. The van der Waals surface area contributed by atoms with Gasteiger partial charge < -0.3 is 4.74 Å². The van der Waals surface area contributed by atoms with E-state index in [1.807, 2.05) is 26.0 Å². The van der Waals surface area contributed by atoms with Crippen LogP contribution in [0.5, 0.6) is 5.75 Å². The van der Waals surface area contributed by atoms with Crippen LogP contribution < -0.4 is 10.3 Å². The Balaban J connectivity index is 1.71. The molecule has 1 aliphatic heterocycles. The summed E-state index contributed by atoms with van der Waals surface area (Å²) in [5, 5.41) is 0.478. The van der Waals surface area contributed by atoms with Gasteiger partial charge in [-0.2, -0.15) is 0 Å². The maximum absolute atomic E-state index is 13.5. The molecule has 7 nitrogen and oxygen atoms in total. The van der Waals surface area contributed by atoms with Gasteiger partial charge in [-0.25, -0.2) is 4.98 Å². The van der Waals surface area contributed by atoms with E-state index in [0.29, 0.717) is 40.3 Å². The second-order valence-electron chi connectivity index (χ2n) is 8.96. The van der Waals surface area contributed by atoms with Gasteiger partial charge in [-0.15, -0.1) is 18.2 Å². The van der Waals surface area contributed by atoms with Gasteiger partial charge in [0, 0.05) is 38.3 Å². The van der Waals surface area contributed by atoms with Gasteiger partial charge in [0.15, 0.2) is 5.78 Å². The lowest BCUT2D eigenvalue weighted by Crippen LogP contribution is -2.47. The molecule has 3 aromatic rings. The number of alkyl halides is 1. The molecular formula is C27H31ClN4O3. The highest BCUT2D eigenvalue weighted by molar-refractivity contribution is 6.16. The topological polar surface area (TPSA) is 67.7 Å². The van der Waals surface area contributed by atoms with Crippen LogP contribution in [0.25, 0.3) is 16.6 Å². The zero-order valence-corrected chi connectivity index (χ0v) is 21.0. The first-order chi connectivity index (χ1) is 16.9. The lowest BCUT2D eigenvalue weighted by Gasteiger charge is -2.33. The predicted octanol–water partition coefficient (Wildman–Crippen LogP) is 3.90. The molecule has 0 atom stereocenters. The van der Waals surface area contributed by atoms with Crippen molar-refractivity contribution in [3.8, 4) is 11.4 Å². The third-order valence-electron chi connectivity index (χ3n) is 6.07. The average molecular weight is 495 g/mol. The Morgan fingerprint density at radius 3 is 2.54 bits per heavy atom. The number of para-hydroxylation sites is 1. The van der Waals surface area contributed by atoms with Crippen molar-refractivity contribution in [3.05, 3.63) is 76.9 Å². The minimum atomic E-state index is -0.247. The molecule has 8 heteroatoms. The first-order valence-corrected chi connectivity index (χ1v) is 12.4. The Morgan fingerprint density at radius 1 is 1.14 bits per heavy atom. The Bertz CT molecular complexity index is 1280. The van der Waals surface area contributed by atoms with Crippen molar-refractivity contribution in [1.29, 1.82) is 0 Å². The first kappa shape index (κ1) is 25.1. The van der Waals surface area contributed by atoms with E-state index in [9.17, 15) is 9.59 Å². The Labute approximate surface area is 210 Å². The fraction of sp³-hybridized carbons (Fsp3) is 0.370. The van der Waals surface area contributed by atoms with E-state index in [-0.39, 0.29) is 23.3 Å². The van der Waals surface area contributed by atoms with E-state index < -0.39 is 0 Å². The quantitative estimate of drug-likeness (QED) is 0.255. The van der Waals surface area contributed by atoms with Crippen molar-refractivity contribution >= 4 is 28.3 Å². The van der Waals surface area contributed by atoms with Crippen LogP contribution in [0.15, 0.2) is 59.9 Å². The second kappa shape index (κ2) is 11.2. The maximum Gasteiger partial charge on any atom is 0.266 e. The van der Waals surface area contributed by atoms with Gasteiger partial charge in [-0.3, -0.25) is 24.0 Å². The number of fused-ring (bicyclic) bond motifs is 1. The number of ether oxygens (including phenoxy) is 1. The van der Waals surface area contributed by atoms with Crippen LogP contribution in [0.4, 0.5) is 0 Å². The van der Waals surface area contributed by atoms with Gasteiger partial charge in [0.05, 0.1) is 35.1 Å². The van der Waals surface area contributed by atoms with Gasteiger partial charge in [0.25, 0.3) is 5.56 Å². The highest BCUT2D eigenvalue weighted by atomic mass is 35.5. The van der Waals surface area contributed by atoms with Gasteiger partial charge in [0.1, 0.15) is 11.6 Å². The van der Waals surface area contributed by atoms with Crippen LogP contribution in [0, 0.1) is 0 Å². The summed E-state index contributed by atoms with van der Waals surface area (Å²) in [6.45, 7) is 12.3.